The Balaban J connectivity index is 1.38. The predicted molar refractivity (Wildman–Crippen MR) is 185 cm³/mol. The molecule has 0 radical (unpaired) electrons. The molecule has 0 saturated carbocycles. The summed E-state index contributed by atoms with van der Waals surface area (Å²) in [7, 11) is 0. The minimum absolute atomic E-state index is 0.0552. The molecule has 0 atom stereocenters. The van der Waals surface area contributed by atoms with E-state index >= 15 is 0 Å². The number of rotatable bonds is 1. The quantitative estimate of drug-likeness (QED) is 0.184. The normalized spacial score (nSPS) is 13.5. The average molecular weight is 564 g/mol. The van der Waals surface area contributed by atoms with Gasteiger partial charge in [-0.3, -0.25) is 0 Å². The summed E-state index contributed by atoms with van der Waals surface area (Å²) in [4.78, 5) is 0. The van der Waals surface area contributed by atoms with Crippen LogP contribution in [0.2, 0.25) is 0 Å². The van der Waals surface area contributed by atoms with E-state index in [9.17, 15) is 0 Å². The molecule has 0 unspecified atom stereocenters. The van der Waals surface area contributed by atoms with Crippen molar-refractivity contribution in [3.8, 4) is 22.9 Å². The van der Waals surface area contributed by atoms with E-state index in [1.807, 2.05) is 0 Å². The van der Waals surface area contributed by atoms with Gasteiger partial charge < -0.3 is 13.9 Å². The van der Waals surface area contributed by atoms with Crippen LogP contribution in [0.25, 0.3) is 55.0 Å². The highest BCUT2D eigenvalue weighted by Gasteiger charge is 2.43. The van der Waals surface area contributed by atoms with E-state index in [2.05, 4.69) is 151 Å². The van der Waals surface area contributed by atoms with E-state index in [0.29, 0.717) is 0 Å². The van der Waals surface area contributed by atoms with Crippen LogP contribution in [0.15, 0.2) is 121 Å². The molecule has 0 N–H and O–H groups in total. The Morgan fingerprint density at radius 2 is 1.07 bits per heavy atom. The van der Waals surface area contributed by atoms with Crippen molar-refractivity contribution >= 4 is 66.7 Å². The molecule has 4 heteroatoms. The number of benzene rings is 6. The van der Waals surface area contributed by atoms with Gasteiger partial charge in [0.05, 0.1) is 27.8 Å². The van der Waals surface area contributed by atoms with E-state index in [0.717, 1.165) is 17.2 Å². The van der Waals surface area contributed by atoms with Gasteiger partial charge in [-0.05, 0) is 58.2 Å². The first-order valence-corrected chi connectivity index (χ1v) is 15.5. The summed E-state index contributed by atoms with van der Waals surface area (Å²) in [5.41, 5.74) is 12.2. The van der Waals surface area contributed by atoms with Crippen LogP contribution in [0.5, 0.6) is 11.5 Å². The summed E-state index contributed by atoms with van der Waals surface area (Å²) in [6.45, 7) is 6.97. The lowest BCUT2D eigenvalue weighted by Crippen LogP contribution is -2.58. The minimum Gasteiger partial charge on any atom is -0.456 e. The molecule has 2 aliphatic rings. The molecule has 3 nitrogen and oxygen atoms in total. The Morgan fingerprint density at radius 1 is 0.523 bits per heavy atom. The molecular formula is C40H29BN2O. The standard InChI is InChI=1S/C40H29BN2O/c1-40(2,3)28-23-27-26-15-6-10-20-33(26)43-34-21-11-7-16-29(34)41-30-17-12-22-35(39(30)44-38(28)36(41)37(27)43)42-31-18-8-4-13-24(31)25-14-5-9-19-32(25)42/h4-23H,1-3H3. The Hall–Kier alpha value is -5.22. The number of ether oxygens (including phenoxy) is 1. The van der Waals surface area contributed by atoms with Crippen molar-refractivity contribution < 1.29 is 4.74 Å². The van der Waals surface area contributed by atoms with Gasteiger partial charge in [0.1, 0.15) is 11.5 Å². The second-order valence-corrected chi connectivity index (χ2v) is 13.3. The SMILES string of the molecule is CC(C)(C)c1cc2c3ccccc3n3c2c2c1Oc1c(cccc1-n1c4ccccc4c4ccccc41)B2c1ccccc1-3. The molecule has 208 valence electrons. The number of fused-ring (bicyclic) bond motifs is 11. The van der Waals surface area contributed by atoms with Gasteiger partial charge in [0.25, 0.3) is 6.71 Å². The first-order chi connectivity index (χ1) is 21.5. The highest BCUT2D eigenvalue weighted by atomic mass is 16.5. The van der Waals surface area contributed by atoms with E-state index in [1.54, 1.807) is 0 Å². The van der Waals surface area contributed by atoms with Crippen LogP contribution in [-0.2, 0) is 5.41 Å². The van der Waals surface area contributed by atoms with Crippen molar-refractivity contribution in [1.29, 1.82) is 0 Å². The first kappa shape index (κ1) is 24.3. The lowest BCUT2D eigenvalue weighted by molar-refractivity contribution is 0.459. The van der Waals surface area contributed by atoms with Crippen molar-refractivity contribution in [2.45, 2.75) is 26.2 Å². The van der Waals surface area contributed by atoms with Gasteiger partial charge in [0, 0.05) is 32.8 Å². The van der Waals surface area contributed by atoms with Crippen LogP contribution in [0.1, 0.15) is 26.3 Å². The smallest absolute Gasteiger partial charge is 0.256 e. The lowest BCUT2D eigenvalue weighted by atomic mass is 9.34. The summed E-state index contributed by atoms with van der Waals surface area (Å²) in [5, 5.41) is 5.09. The maximum absolute atomic E-state index is 7.33. The topological polar surface area (TPSA) is 19.1 Å². The molecule has 0 bridgehead atoms. The van der Waals surface area contributed by atoms with Crippen molar-refractivity contribution in [3.05, 3.63) is 127 Å². The number of aromatic nitrogens is 2. The molecule has 0 spiro atoms. The summed E-state index contributed by atoms with van der Waals surface area (Å²) in [5.74, 6) is 1.95. The van der Waals surface area contributed by atoms with Crippen molar-refractivity contribution in [1.82, 2.24) is 9.13 Å². The monoisotopic (exact) mass is 564 g/mol. The van der Waals surface area contributed by atoms with Crippen molar-refractivity contribution in [2.24, 2.45) is 0 Å². The third-order valence-electron chi connectivity index (χ3n) is 9.89. The van der Waals surface area contributed by atoms with Gasteiger partial charge in [-0.1, -0.05) is 106 Å². The molecule has 0 fully saturated rings. The number of para-hydroxylation sites is 5. The molecule has 0 saturated heterocycles. The molecule has 8 aromatic rings. The first-order valence-electron chi connectivity index (χ1n) is 15.5. The fourth-order valence-electron chi connectivity index (χ4n) is 8.08. The summed E-state index contributed by atoms with van der Waals surface area (Å²) < 4.78 is 12.2. The van der Waals surface area contributed by atoms with Gasteiger partial charge in [-0.2, -0.15) is 0 Å². The molecule has 6 aromatic carbocycles. The zero-order valence-electron chi connectivity index (χ0n) is 24.9. The Bertz CT molecular complexity index is 2470. The van der Waals surface area contributed by atoms with E-state index < -0.39 is 0 Å². The molecule has 44 heavy (non-hydrogen) atoms. The number of hydrogen-bond acceptors (Lipinski definition) is 1. The van der Waals surface area contributed by atoms with Gasteiger partial charge in [-0.25, -0.2) is 0 Å². The lowest BCUT2D eigenvalue weighted by Gasteiger charge is -2.36. The Labute approximate surface area is 256 Å². The summed E-state index contributed by atoms with van der Waals surface area (Å²) in [6.07, 6.45) is 0. The summed E-state index contributed by atoms with van der Waals surface area (Å²) in [6, 6.07) is 44.4. The molecule has 2 aromatic heterocycles. The summed E-state index contributed by atoms with van der Waals surface area (Å²) >= 11 is 0. The van der Waals surface area contributed by atoms with Crippen molar-refractivity contribution in [3.63, 3.8) is 0 Å². The Kier molecular flexibility index (Phi) is 4.54. The third kappa shape index (κ3) is 2.93. The molecule has 0 amide bonds. The highest BCUT2D eigenvalue weighted by Crippen LogP contribution is 2.45. The highest BCUT2D eigenvalue weighted by molar-refractivity contribution is 6.99. The van der Waals surface area contributed by atoms with Gasteiger partial charge >= 0.3 is 0 Å². The van der Waals surface area contributed by atoms with Crippen LogP contribution in [0.4, 0.5) is 0 Å². The maximum atomic E-state index is 7.33. The molecular weight excluding hydrogens is 535 g/mol. The molecule has 4 heterocycles. The van der Waals surface area contributed by atoms with Crippen LogP contribution < -0.4 is 21.1 Å². The fourth-order valence-corrected chi connectivity index (χ4v) is 8.08. The molecule has 0 aliphatic carbocycles. The second-order valence-electron chi connectivity index (χ2n) is 13.3. The zero-order chi connectivity index (χ0) is 29.3. The van der Waals surface area contributed by atoms with E-state index in [1.165, 1.54) is 71.3 Å². The Morgan fingerprint density at radius 3 is 1.75 bits per heavy atom. The third-order valence-corrected chi connectivity index (χ3v) is 9.89. The largest absolute Gasteiger partial charge is 0.456 e. The number of nitrogens with zero attached hydrogens (tertiary/aromatic N) is 2. The second kappa shape index (κ2) is 8.24. The van der Waals surface area contributed by atoms with Gasteiger partial charge in [0.2, 0.25) is 0 Å². The van der Waals surface area contributed by atoms with Crippen LogP contribution >= 0.6 is 0 Å². The van der Waals surface area contributed by atoms with Crippen LogP contribution in [0, 0.1) is 0 Å². The van der Waals surface area contributed by atoms with Gasteiger partial charge in [-0.15, -0.1) is 0 Å². The predicted octanol–water partition coefficient (Wildman–Crippen LogP) is 8.11. The maximum Gasteiger partial charge on any atom is 0.256 e. The van der Waals surface area contributed by atoms with Gasteiger partial charge in [0.15, 0.2) is 0 Å². The fraction of sp³-hybridized carbons (Fsp3) is 0.100. The molecule has 10 rings (SSSR count). The minimum atomic E-state index is -0.121. The number of hydrogen-bond donors (Lipinski definition) is 0. The van der Waals surface area contributed by atoms with Crippen LogP contribution in [0.3, 0.4) is 0 Å². The molecule has 2 aliphatic heterocycles. The van der Waals surface area contributed by atoms with Crippen LogP contribution in [-0.4, -0.2) is 15.8 Å². The average Bonchev–Trinajstić information content (AvgIpc) is 3.56. The van der Waals surface area contributed by atoms with E-state index in [-0.39, 0.29) is 12.1 Å². The zero-order valence-corrected chi connectivity index (χ0v) is 24.9. The van der Waals surface area contributed by atoms with E-state index in [4.69, 9.17) is 4.74 Å². The van der Waals surface area contributed by atoms with Crippen molar-refractivity contribution in [2.75, 3.05) is 0 Å².